The molecule has 0 N–H and O–H groups in total. The minimum absolute atomic E-state index is 0.163. The molecule has 14 heavy (non-hydrogen) atoms. The third kappa shape index (κ3) is 1.13. The van der Waals surface area contributed by atoms with Gasteiger partial charge in [0.1, 0.15) is 5.82 Å². The van der Waals surface area contributed by atoms with Crippen LogP contribution in [0.3, 0.4) is 0 Å². The monoisotopic (exact) mass is 189 g/mol. The van der Waals surface area contributed by atoms with E-state index in [1.165, 1.54) is 0 Å². The third-order valence-electron chi connectivity index (χ3n) is 3.06. The van der Waals surface area contributed by atoms with Crippen molar-refractivity contribution in [1.82, 2.24) is 0 Å². The van der Waals surface area contributed by atoms with Gasteiger partial charge in [-0.1, -0.05) is 12.1 Å². The van der Waals surface area contributed by atoms with Crippen molar-refractivity contribution in [2.24, 2.45) is 0 Å². The molecule has 1 aliphatic rings. The van der Waals surface area contributed by atoms with Gasteiger partial charge in [0.15, 0.2) is 0 Å². The summed E-state index contributed by atoms with van der Waals surface area (Å²) in [6, 6.07) is 5.94. The second kappa shape index (κ2) is 2.81. The van der Waals surface area contributed by atoms with Crippen molar-refractivity contribution in [1.29, 1.82) is 5.26 Å². The molecule has 0 spiro atoms. The van der Waals surface area contributed by atoms with Crippen molar-refractivity contribution < 1.29 is 4.39 Å². The van der Waals surface area contributed by atoms with Crippen LogP contribution >= 0.6 is 0 Å². The zero-order valence-electron chi connectivity index (χ0n) is 8.39. The van der Waals surface area contributed by atoms with Crippen molar-refractivity contribution in [3.63, 3.8) is 0 Å². The van der Waals surface area contributed by atoms with E-state index in [4.69, 9.17) is 5.26 Å². The van der Waals surface area contributed by atoms with Gasteiger partial charge in [-0.3, -0.25) is 0 Å². The highest BCUT2D eigenvalue weighted by Gasteiger charge is 2.46. The van der Waals surface area contributed by atoms with Crippen LogP contribution in [0.2, 0.25) is 0 Å². The Balaban J connectivity index is 2.57. The predicted octanol–water partition coefficient (Wildman–Crippen LogP) is 3.00. The van der Waals surface area contributed by atoms with Crippen molar-refractivity contribution in [2.75, 3.05) is 0 Å². The van der Waals surface area contributed by atoms with Gasteiger partial charge in [0, 0.05) is 0 Å². The first-order valence-corrected chi connectivity index (χ1v) is 4.78. The average Bonchev–Trinajstić information content (AvgIpc) is 2.95. The van der Waals surface area contributed by atoms with Gasteiger partial charge in [-0.2, -0.15) is 5.26 Å². The molecule has 0 saturated heterocycles. The van der Waals surface area contributed by atoms with Crippen LogP contribution in [0.4, 0.5) is 4.39 Å². The van der Waals surface area contributed by atoms with Gasteiger partial charge in [0.2, 0.25) is 0 Å². The summed E-state index contributed by atoms with van der Waals surface area (Å²) in [5.74, 6) is -0.163. The maximum Gasteiger partial charge on any atom is 0.129 e. The van der Waals surface area contributed by atoms with Gasteiger partial charge in [-0.25, -0.2) is 4.39 Å². The first-order chi connectivity index (χ1) is 6.60. The van der Waals surface area contributed by atoms with Crippen LogP contribution in [0.25, 0.3) is 0 Å². The van der Waals surface area contributed by atoms with Crippen LogP contribution in [0.15, 0.2) is 12.1 Å². The van der Waals surface area contributed by atoms with Gasteiger partial charge in [-0.05, 0) is 43.4 Å². The molecule has 1 saturated carbocycles. The van der Waals surface area contributed by atoms with Gasteiger partial charge >= 0.3 is 0 Å². The third-order valence-corrected chi connectivity index (χ3v) is 3.06. The molecular weight excluding hydrogens is 177 g/mol. The molecule has 2 heteroatoms. The largest absolute Gasteiger partial charge is 0.206 e. The Morgan fingerprint density at radius 1 is 1.36 bits per heavy atom. The van der Waals surface area contributed by atoms with Crippen molar-refractivity contribution in [2.45, 2.75) is 32.1 Å². The fourth-order valence-corrected chi connectivity index (χ4v) is 1.91. The Kier molecular flexibility index (Phi) is 1.85. The number of aryl methyl sites for hydroxylation is 1. The lowest BCUT2D eigenvalue weighted by molar-refractivity contribution is 0.603. The van der Waals surface area contributed by atoms with Crippen LogP contribution in [-0.4, -0.2) is 0 Å². The van der Waals surface area contributed by atoms with Crippen LogP contribution in [-0.2, 0) is 5.41 Å². The SMILES string of the molecule is Cc1ccc(C2(C#N)CC2)c(C)c1F. The lowest BCUT2D eigenvalue weighted by atomic mass is 9.92. The topological polar surface area (TPSA) is 23.8 Å². The Hall–Kier alpha value is -1.36. The van der Waals surface area contributed by atoms with E-state index in [-0.39, 0.29) is 11.2 Å². The fourth-order valence-electron chi connectivity index (χ4n) is 1.91. The molecule has 0 unspecified atom stereocenters. The molecule has 2 rings (SSSR count). The highest BCUT2D eigenvalue weighted by atomic mass is 19.1. The molecule has 0 atom stereocenters. The molecule has 0 heterocycles. The quantitative estimate of drug-likeness (QED) is 0.666. The van der Waals surface area contributed by atoms with Crippen LogP contribution < -0.4 is 0 Å². The molecule has 72 valence electrons. The van der Waals surface area contributed by atoms with Crippen molar-refractivity contribution in [3.8, 4) is 6.07 Å². The van der Waals surface area contributed by atoms with Crippen LogP contribution in [0.5, 0.6) is 0 Å². The van der Waals surface area contributed by atoms with E-state index >= 15 is 0 Å². The first-order valence-electron chi connectivity index (χ1n) is 4.78. The summed E-state index contributed by atoms with van der Waals surface area (Å²) in [6.07, 6.45) is 1.74. The van der Waals surface area contributed by atoms with E-state index in [9.17, 15) is 4.39 Å². The maximum absolute atomic E-state index is 13.6. The van der Waals surface area contributed by atoms with Crippen molar-refractivity contribution in [3.05, 3.63) is 34.6 Å². The molecule has 1 fully saturated rings. The molecular formula is C12H12FN. The van der Waals surface area contributed by atoms with E-state index in [0.717, 1.165) is 18.4 Å². The van der Waals surface area contributed by atoms with Crippen LogP contribution in [0, 0.1) is 31.0 Å². The molecule has 1 aliphatic carbocycles. The number of nitriles is 1. The normalized spacial score (nSPS) is 17.6. The van der Waals surface area contributed by atoms with Crippen molar-refractivity contribution >= 4 is 0 Å². The summed E-state index contributed by atoms with van der Waals surface area (Å²) >= 11 is 0. The second-order valence-electron chi connectivity index (χ2n) is 4.06. The minimum Gasteiger partial charge on any atom is -0.206 e. The van der Waals surface area contributed by atoms with E-state index in [1.807, 2.05) is 6.07 Å². The number of hydrogen-bond donors (Lipinski definition) is 0. The number of halogens is 1. The Bertz CT molecular complexity index is 425. The number of nitrogens with zero attached hydrogens (tertiary/aromatic N) is 1. The summed E-state index contributed by atoms with van der Waals surface area (Å²) in [6.45, 7) is 3.51. The zero-order valence-corrected chi connectivity index (χ0v) is 8.39. The molecule has 0 aromatic heterocycles. The van der Waals surface area contributed by atoms with Gasteiger partial charge in [0.05, 0.1) is 11.5 Å². The summed E-state index contributed by atoms with van der Waals surface area (Å²) in [5, 5.41) is 9.02. The van der Waals surface area contributed by atoms with E-state index < -0.39 is 0 Å². The predicted molar refractivity (Wildman–Crippen MR) is 52.4 cm³/mol. The highest BCUT2D eigenvalue weighted by Crippen LogP contribution is 2.49. The number of hydrogen-bond acceptors (Lipinski definition) is 1. The standard InChI is InChI=1S/C12H12FN/c1-8-3-4-10(9(2)11(8)13)12(7-14)5-6-12/h3-4H,5-6H2,1-2H3. The zero-order chi connectivity index (χ0) is 10.3. The maximum atomic E-state index is 13.6. The van der Waals surface area contributed by atoms with Gasteiger partial charge in [0.25, 0.3) is 0 Å². The molecule has 0 amide bonds. The van der Waals surface area contributed by atoms with E-state index in [1.54, 1.807) is 19.9 Å². The summed E-state index contributed by atoms with van der Waals surface area (Å²) < 4.78 is 13.6. The molecule has 1 aromatic rings. The first kappa shape index (κ1) is 9.21. The highest BCUT2D eigenvalue weighted by molar-refractivity contribution is 5.45. The number of rotatable bonds is 1. The van der Waals surface area contributed by atoms with Gasteiger partial charge in [-0.15, -0.1) is 0 Å². The summed E-state index contributed by atoms with van der Waals surface area (Å²) in [4.78, 5) is 0. The molecule has 0 bridgehead atoms. The van der Waals surface area contributed by atoms with E-state index in [0.29, 0.717) is 11.1 Å². The van der Waals surface area contributed by atoms with Crippen LogP contribution in [0.1, 0.15) is 29.5 Å². The lowest BCUT2D eigenvalue weighted by Crippen LogP contribution is -2.07. The molecule has 0 radical (unpaired) electrons. The average molecular weight is 189 g/mol. The van der Waals surface area contributed by atoms with Gasteiger partial charge < -0.3 is 0 Å². The Labute approximate surface area is 83.2 Å². The summed E-state index contributed by atoms with van der Waals surface area (Å²) in [7, 11) is 0. The lowest BCUT2D eigenvalue weighted by Gasteiger charge is -2.12. The molecule has 1 aromatic carbocycles. The molecule has 0 aliphatic heterocycles. The molecule has 1 nitrogen and oxygen atoms in total. The Morgan fingerprint density at radius 3 is 2.50 bits per heavy atom. The summed E-state index contributed by atoms with van der Waals surface area (Å²) in [5.41, 5.74) is 1.80. The minimum atomic E-state index is -0.376. The fraction of sp³-hybridized carbons (Fsp3) is 0.417. The second-order valence-corrected chi connectivity index (χ2v) is 4.06. The Morgan fingerprint density at radius 2 is 2.00 bits per heavy atom. The van der Waals surface area contributed by atoms with E-state index in [2.05, 4.69) is 6.07 Å². The number of benzene rings is 1. The smallest absolute Gasteiger partial charge is 0.129 e.